The molecule has 0 atom stereocenters. The number of rotatable bonds is 2. The molecule has 1 aromatic heterocycles. The molecule has 0 aliphatic rings. The molecule has 22 heavy (non-hydrogen) atoms. The quantitative estimate of drug-likeness (QED) is 0.709. The SMILES string of the molecule is Cc1ccc(N=Cc2c(O)c3cc(C)ccc3[nH]c2=O)cc1. The average molecular weight is 292 g/mol. The molecular weight excluding hydrogens is 276 g/mol. The van der Waals surface area contributed by atoms with Crippen LogP contribution in [0.25, 0.3) is 10.9 Å². The van der Waals surface area contributed by atoms with Crippen LogP contribution < -0.4 is 5.56 Å². The molecule has 110 valence electrons. The summed E-state index contributed by atoms with van der Waals surface area (Å²) in [5, 5.41) is 11.0. The number of fused-ring (bicyclic) bond motifs is 1. The van der Waals surface area contributed by atoms with Crippen molar-refractivity contribution in [1.29, 1.82) is 0 Å². The van der Waals surface area contributed by atoms with Gasteiger partial charge in [-0.05, 0) is 38.1 Å². The fraction of sp³-hybridized carbons (Fsp3) is 0.111. The summed E-state index contributed by atoms with van der Waals surface area (Å²) in [4.78, 5) is 19.1. The van der Waals surface area contributed by atoms with E-state index in [1.54, 1.807) is 6.07 Å². The summed E-state index contributed by atoms with van der Waals surface area (Å²) >= 11 is 0. The zero-order chi connectivity index (χ0) is 15.7. The number of hydrogen-bond donors (Lipinski definition) is 2. The lowest BCUT2D eigenvalue weighted by atomic mass is 10.1. The van der Waals surface area contributed by atoms with Crippen LogP contribution in [-0.4, -0.2) is 16.3 Å². The second-order valence-electron chi connectivity index (χ2n) is 5.36. The molecule has 0 saturated heterocycles. The van der Waals surface area contributed by atoms with Crippen molar-refractivity contribution in [3.63, 3.8) is 0 Å². The van der Waals surface area contributed by atoms with E-state index in [0.717, 1.165) is 16.8 Å². The van der Waals surface area contributed by atoms with Crippen molar-refractivity contribution >= 4 is 22.8 Å². The van der Waals surface area contributed by atoms with Crippen molar-refractivity contribution in [3.8, 4) is 5.75 Å². The van der Waals surface area contributed by atoms with Gasteiger partial charge in [0.05, 0.1) is 11.2 Å². The second kappa shape index (κ2) is 5.48. The van der Waals surface area contributed by atoms with Gasteiger partial charge in [0.25, 0.3) is 5.56 Å². The molecule has 2 N–H and O–H groups in total. The number of nitrogens with zero attached hydrogens (tertiary/aromatic N) is 1. The van der Waals surface area contributed by atoms with E-state index in [9.17, 15) is 9.90 Å². The lowest BCUT2D eigenvalue weighted by Gasteiger charge is -2.05. The Bertz CT molecular complexity index is 922. The third-order valence-corrected chi connectivity index (χ3v) is 3.55. The number of aryl methyl sites for hydroxylation is 2. The molecule has 3 rings (SSSR count). The van der Waals surface area contributed by atoms with Crippen molar-refractivity contribution in [2.75, 3.05) is 0 Å². The Morgan fingerprint density at radius 2 is 1.73 bits per heavy atom. The molecule has 0 saturated carbocycles. The summed E-state index contributed by atoms with van der Waals surface area (Å²) in [6.45, 7) is 3.93. The third-order valence-electron chi connectivity index (χ3n) is 3.55. The molecule has 0 aliphatic carbocycles. The van der Waals surface area contributed by atoms with E-state index in [4.69, 9.17) is 0 Å². The molecule has 0 unspecified atom stereocenters. The Morgan fingerprint density at radius 1 is 1.05 bits per heavy atom. The number of aromatic hydroxyl groups is 1. The van der Waals surface area contributed by atoms with Gasteiger partial charge in [0.1, 0.15) is 11.3 Å². The highest BCUT2D eigenvalue weighted by molar-refractivity contribution is 5.95. The van der Waals surface area contributed by atoms with Crippen molar-refractivity contribution in [2.24, 2.45) is 4.99 Å². The standard InChI is InChI=1S/C18H16N2O2/c1-11-3-6-13(7-4-11)19-10-15-17(21)14-9-12(2)5-8-16(14)20-18(15)22/h3-10H,1-2H3,(H2,20,21,22). The van der Waals surface area contributed by atoms with Gasteiger partial charge in [-0.1, -0.05) is 29.3 Å². The Morgan fingerprint density at radius 3 is 2.45 bits per heavy atom. The zero-order valence-electron chi connectivity index (χ0n) is 12.4. The van der Waals surface area contributed by atoms with Crippen LogP contribution in [0.5, 0.6) is 5.75 Å². The predicted octanol–water partition coefficient (Wildman–Crippen LogP) is 3.60. The van der Waals surface area contributed by atoms with Gasteiger partial charge in [-0.3, -0.25) is 9.79 Å². The van der Waals surface area contributed by atoms with Gasteiger partial charge >= 0.3 is 0 Å². The van der Waals surface area contributed by atoms with Crippen LogP contribution in [0, 0.1) is 13.8 Å². The summed E-state index contributed by atoms with van der Waals surface area (Å²) in [7, 11) is 0. The first-order valence-electron chi connectivity index (χ1n) is 7.01. The van der Waals surface area contributed by atoms with E-state index in [-0.39, 0.29) is 16.9 Å². The van der Waals surface area contributed by atoms with Crippen molar-refractivity contribution < 1.29 is 5.11 Å². The summed E-state index contributed by atoms with van der Waals surface area (Å²) < 4.78 is 0. The van der Waals surface area contributed by atoms with Crippen LogP contribution in [-0.2, 0) is 0 Å². The first-order valence-corrected chi connectivity index (χ1v) is 7.01. The minimum atomic E-state index is -0.357. The molecule has 0 amide bonds. The number of aromatic amines is 1. The van der Waals surface area contributed by atoms with Crippen molar-refractivity contribution in [2.45, 2.75) is 13.8 Å². The Balaban J connectivity index is 2.10. The van der Waals surface area contributed by atoms with Gasteiger partial charge in [0.2, 0.25) is 0 Å². The van der Waals surface area contributed by atoms with E-state index < -0.39 is 0 Å². The van der Waals surface area contributed by atoms with E-state index in [1.807, 2.05) is 50.2 Å². The third kappa shape index (κ3) is 2.63. The smallest absolute Gasteiger partial charge is 0.261 e. The number of aromatic nitrogens is 1. The number of nitrogens with one attached hydrogen (secondary N) is 1. The minimum absolute atomic E-state index is 0.0432. The largest absolute Gasteiger partial charge is 0.506 e. The highest BCUT2D eigenvalue weighted by Crippen LogP contribution is 2.25. The zero-order valence-corrected chi connectivity index (χ0v) is 12.4. The number of benzene rings is 2. The van der Waals surface area contributed by atoms with Crippen molar-refractivity contribution in [3.05, 3.63) is 69.5 Å². The van der Waals surface area contributed by atoms with Crippen LogP contribution in [0.3, 0.4) is 0 Å². The number of H-pyrrole nitrogens is 1. The summed E-state index contributed by atoms with van der Waals surface area (Å²) in [5.74, 6) is -0.0432. The molecule has 2 aromatic carbocycles. The predicted molar refractivity (Wildman–Crippen MR) is 89.4 cm³/mol. The molecule has 0 radical (unpaired) electrons. The molecule has 4 nitrogen and oxygen atoms in total. The van der Waals surface area contributed by atoms with Gasteiger partial charge in [-0.2, -0.15) is 0 Å². The lowest BCUT2D eigenvalue weighted by molar-refractivity contribution is 0.479. The normalized spacial score (nSPS) is 11.4. The van der Waals surface area contributed by atoms with Crippen LogP contribution in [0.4, 0.5) is 5.69 Å². The topological polar surface area (TPSA) is 65.5 Å². The van der Waals surface area contributed by atoms with Gasteiger partial charge in [0, 0.05) is 11.6 Å². The van der Waals surface area contributed by atoms with E-state index in [0.29, 0.717) is 10.9 Å². The maximum atomic E-state index is 12.1. The highest BCUT2D eigenvalue weighted by Gasteiger charge is 2.10. The Kier molecular flexibility index (Phi) is 3.51. The highest BCUT2D eigenvalue weighted by atomic mass is 16.3. The van der Waals surface area contributed by atoms with Gasteiger partial charge in [-0.15, -0.1) is 0 Å². The average Bonchev–Trinajstić information content (AvgIpc) is 2.50. The van der Waals surface area contributed by atoms with Crippen LogP contribution in [0.15, 0.2) is 52.3 Å². The fourth-order valence-electron chi connectivity index (χ4n) is 2.29. The van der Waals surface area contributed by atoms with Crippen molar-refractivity contribution in [1.82, 2.24) is 4.98 Å². The Hall–Kier alpha value is -2.88. The van der Waals surface area contributed by atoms with Gasteiger partial charge < -0.3 is 10.1 Å². The summed E-state index contributed by atoms with van der Waals surface area (Å²) in [6.07, 6.45) is 1.40. The van der Waals surface area contributed by atoms with Crippen LogP contribution in [0.2, 0.25) is 0 Å². The molecule has 4 heteroatoms. The molecule has 0 bridgehead atoms. The van der Waals surface area contributed by atoms with Gasteiger partial charge in [-0.25, -0.2) is 0 Å². The second-order valence-corrected chi connectivity index (χ2v) is 5.36. The van der Waals surface area contributed by atoms with Crippen LogP contribution in [0.1, 0.15) is 16.7 Å². The van der Waals surface area contributed by atoms with E-state index in [2.05, 4.69) is 9.98 Å². The maximum absolute atomic E-state index is 12.1. The van der Waals surface area contributed by atoms with Crippen LogP contribution >= 0.6 is 0 Å². The molecule has 3 aromatic rings. The first-order chi connectivity index (χ1) is 10.5. The lowest BCUT2D eigenvalue weighted by Crippen LogP contribution is -2.12. The molecular formula is C18H16N2O2. The van der Waals surface area contributed by atoms with E-state index >= 15 is 0 Å². The maximum Gasteiger partial charge on any atom is 0.261 e. The molecule has 1 heterocycles. The first kappa shape index (κ1) is 14.1. The number of aliphatic imine (C=N–C) groups is 1. The monoisotopic (exact) mass is 292 g/mol. The Labute approximate surface area is 127 Å². The summed E-state index contributed by atoms with van der Waals surface area (Å²) in [6, 6.07) is 13.1. The fourth-order valence-corrected chi connectivity index (χ4v) is 2.29. The van der Waals surface area contributed by atoms with Gasteiger partial charge in [0.15, 0.2) is 0 Å². The molecule has 0 fully saturated rings. The minimum Gasteiger partial charge on any atom is -0.506 e. The summed E-state index contributed by atoms with van der Waals surface area (Å²) in [5.41, 5.74) is 3.30. The molecule has 0 spiro atoms. The molecule has 0 aliphatic heterocycles. The number of hydrogen-bond acceptors (Lipinski definition) is 3. The van der Waals surface area contributed by atoms with E-state index in [1.165, 1.54) is 6.21 Å². The number of pyridine rings is 1.